The summed E-state index contributed by atoms with van der Waals surface area (Å²) < 4.78 is 34.3. The molecule has 0 bridgehead atoms. The molecule has 2 atom stereocenters. The van der Waals surface area contributed by atoms with Crippen molar-refractivity contribution in [2.45, 2.75) is 309 Å². The number of hydrogen-bond acceptors (Lipinski definition) is 8. The Kier molecular flexibility index (Phi) is 56.6. The number of esters is 2. The first kappa shape index (κ1) is 74.7. The molecule has 0 amide bonds. The van der Waals surface area contributed by atoms with Crippen LogP contribution in [0.2, 0.25) is 0 Å². The van der Waals surface area contributed by atoms with E-state index in [9.17, 15) is 19.0 Å². The fourth-order valence-corrected chi connectivity index (χ4v) is 10.1. The Morgan fingerprint density at radius 3 is 1.10 bits per heavy atom. The van der Waals surface area contributed by atoms with E-state index in [4.69, 9.17) is 18.5 Å². The Morgan fingerprint density at radius 1 is 0.416 bits per heavy atom. The fourth-order valence-electron chi connectivity index (χ4n) is 9.33. The molecule has 0 rings (SSSR count). The molecule has 0 saturated carbocycles. The molecule has 9 nitrogen and oxygen atoms in total. The minimum absolute atomic E-state index is 0.0305. The van der Waals surface area contributed by atoms with E-state index in [1.807, 2.05) is 21.1 Å². The lowest BCUT2D eigenvalue weighted by Gasteiger charge is -2.28. The highest BCUT2D eigenvalue weighted by Crippen LogP contribution is 2.38. The first-order valence-corrected chi connectivity index (χ1v) is 34.0. The minimum atomic E-state index is -4.64. The van der Waals surface area contributed by atoms with Gasteiger partial charge in [-0.2, -0.15) is 0 Å². The first-order valence-electron chi connectivity index (χ1n) is 32.5. The van der Waals surface area contributed by atoms with Crippen molar-refractivity contribution in [2.24, 2.45) is 0 Å². The number of ether oxygens (including phenoxy) is 2. The Labute approximate surface area is 476 Å². The van der Waals surface area contributed by atoms with Crippen LogP contribution in [0.3, 0.4) is 0 Å². The van der Waals surface area contributed by atoms with Crippen LogP contribution in [0, 0.1) is 0 Å². The molecular formula is C67H124NO8P. The lowest BCUT2D eigenvalue weighted by Crippen LogP contribution is -2.37. The quantitative estimate of drug-likeness (QED) is 0.0195. The molecular weight excluding hydrogens is 978 g/mol. The van der Waals surface area contributed by atoms with E-state index in [1.54, 1.807) is 0 Å². The van der Waals surface area contributed by atoms with E-state index in [0.29, 0.717) is 17.4 Å². The SMILES string of the molecule is CC/C=C\C/C=C\C/C=C\C/C=C\C/C=C\CCCCCCCCCCCCCCCC(=O)OC(COC(=O)CCCCCCCCCCCCCCCCCCCCCCCCCC)COP(=O)([O-])OCC[N+](C)(C)C. The van der Waals surface area contributed by atoms with E-state index >= 15 is 0 Å². The largest absolute Gasteiger partial charge is 0.756 e. The fraction of sp³-hybridized carbons (Fsp3) is 0.821. The molecule has 0 heterocycles. The van der Waals surface area contributed by atoms with Gasteiger partial charge in [0.15, 0.2) is 6.10 Å². The third-order valence-electron chi connectivity index (χ3n) is 14.3. The molecule has 0 radical (unpaired) electrons. The summed E-state index contributed by atoms with van der Waals surface area (Å²) in [5.74, 6) is -0.821. The molecule has 0 N–H and O–H groups in total. The van der Waals surface area contributed by atoms with E-state index in [1.165, 1.54) is 199 Å². The number of likely N-dealkylation sites (N-methyl/N-ethyl adjacent to an activating group) is 1. The Morgan fingerprint density at radius 2 is 0.740 bits per heavy atom. The van der Waals surface area contributed by atoms with Gasteiger partial charge in [-0.15, -0.1) is 0 Å². The van der Waals surface area contributed by atoms with E-state index in [0.717, 1.165) is 70.6 Å². The van der Waals surface area contributed by atoms with Crippen LogP contribution in [0.4, 0.5) is 0 Å². The highest BCUT2D eigenvalue weighted by molar-refractivity contribution is 7.45. The van der Waals surface area contributed by atoms with Crippen LogP contribution >= 0.6 is 7.82 Å². The van der Waals surface area contributed by atoms with Gasteiger partial charge in [-0.25, -0.2) is 0 Å². The predicted octanol–water partition coefficient (Wildman–Crippen LogP) is 20.0. The second-order valence-corrected chi connectivity index (χ2v) is 24.5. The Hall–Kier alpha value is -2.29. The Bertz CT molecular complexity index is 1480. The molecule has 10 heteroatoms. The molecule has 0 aliphatic heterocycles. The third kappa shape index (κ3) is 62.8. The number of carbonyl (C=O) groups is 2. The van der Waals surface area contributed by atoms with Gasteiger partial charge >= 0.3 is 11.9 Å². The van der Waals surface area contributed by atoms with Crippen molar-refractivity contribution >= 4 is 19.8 Å². The number of phosphoric ester groups is 1. The number of hydrogen-bond donors (Lipinski definition) is 0. The lowest BCUT2D eigenvalue weighted by atomic mass is 10.0. The lowest BCUT2D eigenvalue weighted by molar-refractivity contribution is -0.870. The second kappa shape index (κ2) is 58.4. The number of allylic oxidation sites excluding steroid dienone is 10. The first-order chi connectivity index (χ1) is 37.5. The van der Waals surface area contributed by atoms with Crippen LogP contribution in [0.5, 0.6) is 0 Å². The summed E-state index contributed by atoms with van der Waals surface area (Å²) in [6, 6.07) is 0. The summed E-state index contributed by atoms with van der Waals surface area (Å²) in [5, 5.41) is 0. The van der Waals surface area contributed by atoms with Gasteiger partial charge in [-0.05, 0) is 57.8 Å². The predicted molar refractivity (Wildman–Crippen MR) is 328 cm³/mol. The van der Waals surface area contributed by atoms with Crippen LogP contribution in [-0.4, -0.2) is 70.0 Å². The zero-order valence-electron chi connectivity index (χ0n) is 51.2. The number of nitrogens with zero attached hydrogens (tertiary/aromatic N) is 1. The van der Waals surface area contributed by atoms with Crippen LogP contribution in [0.25, 0.3) is 0 Å². The smallest absolute Gasteiger partial charge is 0.306 e. The van der Waals surface area contributed by atoms with E-state index < -0.39 is 26.5 Å². The van der Waals surface area contributed by atoms with Crippen molar-refractivity contribution in [3.63, 3.8) is 0 Å². The Balaban J connectivity index is 4.07. The van der Waals surface area contributed by atoms with Crippen molar-refractivity contribution in [1.29, 1.82) is 0 Å². The van der Waals surface area contributed by atoms with Crippen molar-refractivity contribution in [3.05, 3.63) is 60.8 Å². The van der Waals surface area contributed by atoms with Crippen LogP contribution < -0.4 is 4.89 Å². The summed E-state index contributed by atoms with van der Waals surface area (Å²) in [5.41, 5.74) is 0. The molecule has 450 valence electrons. The molecule has 0 aliphatic rings. The van der Waals surface area contributed by atoms with Crippen LogP contribution in [-0.2, 0) is 32.7 Å². The number of rotatable bonds is 60. The molecule has 2 unspecified atom stereocenters. The molecule has 0 aromatic carbocycles. The molecule has 0 fully saturated rings. The van der Waals surface area contributed by atoms with Gasteiger partial charge in [-0.3, -0.25) is 14.2 Å². The topological polar surface area (TPSA) is 111 Å². The summed E-state index contributed by atoms with van der Waals surface area (Å²) >= 11 is 0. The summed E-state index contributed by atoms with van der Waals surface area (Å²) in [6.45, 7) is 4.17. The number of unbranched alkanes of at least 4 members (excludes halogenated alkanes) is 36. The summed E-state index contributed by atoms with van der Waals surface area (Å²) in [6.07, 6.45) is 75.7. The van der Waals surface area contributed by atoms with Crippen molar-refractivity contribution < 1.29 is 42.1 Å². The van der Waals surface area contributed by atoms with Crippen LogP contribution in [0.15, 0.2) is 60.8 Å². The van der Waals surface area contributed by atoms with Gasteiger partial charge in [0, 0.05) is 12.8 Å². The monoisotopic (exact) mass is 1100 g/mol. The van der Waals surface area contributed by atoms with Crippen molar-refractivity contribution in [3.8, 4) is 0 Å². The maximum atomic E-state index is 12.8. The number of phosphoric acid groups is 1. The van der Waals surface area contributed by atoms with E-state index in [2.05, 4.69) is 74.6 Å². The molecule has 77 heavy (non-hydrogen) atoms. The highest BCUT2D eigenvalue weighted by Gasteiger charge is 2.22. The summed E-state index contributed by atoms with van der Waals surface area (Å²) in [4.78, 5) is 38.0. The zero-order valence-corrected chi connectivity index (χ0v) is 52.1. The number of quaternary nitrogens is 1. The van der Waals surface area contributed by atoms with Gasteiger partial charge < -0.3 is 27.9 Å². The average Bonchev–Trinajstić information content (AvgIpc) is 3.39. The standard InChI is InChI=1S/C67H124NO8P/c1-6-8-10-12-14-16-18-20-22-24-26-28-30-32-33-34-35-36-38-40-42-44-46-48-50-52-54-56-58-60-67(70)76-65(64-75-77(71,72)74-62-61-68(3,4)5)63-73-66(69)59-57-55-53-51-49-47-45-43-41-39-37-31-29-27-25-23-21-19-17-15-13-11-9-7-2/h8,10,14,16,20,22,26,28,32-33,65H,6-7,9,11-13,15,17-19,21,23-25,27,29-31,34-64H2,1-5H3/b10-8-,16-14-,22-20-,28-26-,33-32-. The average molecular weight is 1100 g/mol. The van der Waals surface area contributed by atoms with Gasteiger partial charge in [0.2, 0.25) is 0 Å². The second-order valence-electron chi connectivity index (χ2n) is 23.1. The van der Waals surface area contributed by atoms with Gasteiger partial charge in [0.25, 0.3) is 7.82 Å². The summed E-state index contributed by atoms with van der Waals surface area (Å²) in [7, 11) is 1.17. The van der Waals surface area contributed by atoms with Gasteiger partial charge in [0.1, 0.15) is 19.8 Å². The van der Waals surface area contributed by atoms with Gasteiger partial charge in [0.05, 0.1) is 27.7 Å². The molecule has 0 saturated heterocycles. The van der Waals surface area contributed by atoms with Gasteiger partial charge in [-0.1, -0.05) is 293 Å². The highest BCUT2D eigenvalue weighted by atomic mass is 31.2. The molecule has 0 spiro atoms. The molecule has 0 aromatic rings. The maximum absolute atomic E-state index is 12.8. The minimum Gasteiger partial charge on any atom is -0.756 e. The molecule has 0 aromatic heterocycles. The number of carbonyl (C=O) groups excluding carboxylic acids is 2. The van der Waals surface area contributed by atoms with Crippen LogP contribution in [0.1, 0.15) is 303 Å². The molecule has 0 aliphatic carbocycles. The zero-order chi connectivity index (χ0) is 56.3. The van der Waals surface area contributed by atoms with Crippen molar-refractivity contribution in [1.82, 2.24) is 0 Å². The third-order valence-corrected chi connectivity index (χ3v) is 15.3. The van der Waals surface area contributed by atoms with E-state index in [-0.39, 0.29) is 32.0 Å². The normalized spacial score (nSPS) is 13.6. The maximum Gasteiger partial charge on any atom is 0.306 e. The van der Waals surface area contributed by atoms with Crippen molar-refractivity contribution in [2.75, 3.05) is 47.5 Å².